The van der Waals surface area contributed by atoms with Gasteiger partial charge < -0.3 is 10.3 Å². The van der Waals surface area contributed by atoms with Crippen molar-refractivity contribution >= 4 is 45.0 Å². The molecule has 0 aliphatic rings. The number of aryl methyl sites for hydroxylation is 1. The predicted octanol–water partition coefficient (Wildman–Crippen LogP) is 4.93. The van der Waals surface area contributed by atoms with Crippen molar-refractivity contribution in [2.45, 2.75) is 6.92 Å². The molecule has 4 rings (SSSR count). The van der Waals surface area contributed by atoms with Crippen LogP contribution in [0.2, 0.25) is 5.02 Å². The number of aromatic nitrogens is 2. The van der Waals surface area contributed by atoms with E-state index in [1.807, 2.05) is 37.3 Å². The Labute approximate surface area is 143 Å². The molecule has 0 aliphatic carbocycles. The maximum absolute atomic E-state index is 12.7. The van der Waals surface area contributed by atoms with Gasteiger partial charge in [0.05, 0.1) is 16.1 Å². The van der Waals surface area contributed by atoms with Crippen LogP contribution in [-0.4, -0.2) is 15.9 Å². The lowest BCUT2D eigenvalue weighted by Gasteiger charge is -2.08. The summed E-state index contributed by atoms with van der Waals surface area (Å²) in [6, 6.07) is 14.9. The number of amides is 1. The van der Waals surface area contributed by atoms with Gasteiger partial charge in [0, 0.05) is 33.9 Å². The van der Waals surface area contributed by atoms with Gasteiger partial charge in [-0.2, -0.15) is 0 Å². The van der Waals surface area contributed by atoms with Gasteiger partial charge in [0.1, 0.15) is 0 Å². The van der Waals surface area contributed by atoms with Crippen molar-refractivity contribution in [3.63, 3.8) is 0 Å². The highest BCUT2D eigenvalue weighted by molar-refractivity contribution is 6.36. The Morgan fingerprint density at radius 2 is 2.04 bits per heavy atom. The number of fused-ring (bicyclic) bond motifs is 2. The summed E-state index contributed by atoms with van der Waals surface area (Å²) in [7, 11) is 0. The minimum absolute atomic E-state index is 0.207. The van der Waals surface area contributed by atoms with E-state index in [9.17, 15) is 4.79 Å². The number of nitrogens with zero attached hydrogens (tertiary/aromatic N) is 1. The molecular formula is C19H14ClN3O. The van der Waals surface area contributed by atoms with Crippen molar-refractivity contribution in [2.75, 3.05) is 5.32 Å². The summed E-state index contributed by atoms with van der Waals surface area (Å²) in [6.07, 6.45) is 1.66. The molecule has 1 amide bonds. The van der Waals surface area contributed by atoms with E-state index >= 15 is 0 Å². The average molecular weight is 336 g/mol. The van der Waals surface area contributed by atoms with E-state index in [4.69, 9.17) is 11.6 Å². The molecule has 0 atom stereocenters. The second kappa shape index (κ2) is 5.65. The van der Waals surface area contributed by atoms with E-state index < -0.39 is 0 Å². The fourth-order valence-corrected chi connectivity index (χ4v) is 3.09. The van der Waals surface area contributed by atoms with Crippen LogP contribution in [0, 0.1) is 6.92 Å². The number of hydrogen-bond donors (Lipinski definition) is 2. The van der Waals surface area contributed by atoms with Crippen molar-refractivity contribution in [3.8, 4) is 0 Å². The Kier molecular flexibility index (Phi) is 3.47. The molecular weight excluding hydrogens is 322 g/mol. The van der Waals surface area contributed by atoms with Crippen LogP contribution in [0.1, 0.15) is 16.1 Å². The van der Waals surface area contributed by atoms with Crippen LogP contribution in [0.5, 0.6) is 0 Å². The molecule has 0 saturated carbocycles. The second-order valence-electron chi connectivity index (χ2n) is 5.70. The monoisotopic (exact) mass is 335 g/mol. The smallest absolute Gasteiger partial charge is 0.257 e. The van der Waals surface area contributed by atoms with Crippen LogP contribution in [0.4, 0.5) is 5.69 Å². The Bertz CT molecular complexity index is 1080. The van der Waals surface area contributed by atoms with Crippen molar-refractivity contribution in [3.05, 3.63) is 71.0 Å². The first kappa shape index (κ1) is 14.7. The van der Waals surface area contributed by atoms with E-state index in [0.29, 0.717) is 16.1 Å². The highest BCUT2D eigenvalue weighted by Crippen LogP contribution is 2.26. The van der Waals surface area contributed by atoms with Gasteiger partial charge in [-0.3, -0.25) is 9.78 Å². The van der Waals surface area contributed by atoms with Crippen molar-refractivity contribution in [2.24, 2.45) is 0 Å². The first-order chi connectivity index (χ1) is 11.6. The number of carbonyl (C=O) groups excluding carboxylic acids is 1. The number of benzene rings is 2. The fraction of sp³-hybridized carbons (Fsp3) is 0.0526. The Balaban J connectivity index is 1.72. The van der Waals surface area contributed by atoms with Gasteiger partial charge in [-0.05, 0) is 55.5 Å². The molecule has 0 fully saturated rings. The highest BCUT2D eigenvalue weighted by atomic mass is 35.5. The Hall–Kier alpha value is -2.85. The largest absolute Gasteiger partial charge is 0.359 e. The van der Waals surface area contributed by atoms with E-state index in [1.165, 1.54) is 0 Å². The maximum Gasteiger partial charge on any atom is 0.257 e. The summed E-state index contributed by atoms with van der Waals surface area (Å²) >= 11 is 6.19. The summed E-state index contributed by atoms with van der Waals surface area (Å²) in [4.78, 5) is 20.3. The molecule has 4 aromatic rings. The molecule has 2 aromatic carbocycles. The number of hydrogen-bond acceptors (Lipinski definition) is 2. The number of anilines is 1. The summed E-state index contributed by atoms with van der Waals surface area (Å²) in [5.41, 5.74) is 3.97. The molecule has 0 unspecified atom stereocenters. The van der Waals surface area contributed by atoms with Crippen molar-refractivity contribution in [1.29, 1.82) is 0 Å². The lowest BCUT2D eigenvalue weighted by molar-refractivity contribution is 0.102. The minimum atomic E-state index is -0.207. The topological polar surface area (TPSA) is 57.8 Å². The van der Waals surface area contributed by atoms with Gasteiger partial charge in [0.2, 0.25) is 0 Å². The van der Waals surface area contributed by atoms with Gasteiger partial charge in [0.25, 0.3) is 5.91 Å². The number of aromatic amines is 1. The van der Waals surface area contributed by atoms with Gasteiger partial charge in [-0.1, -0.05) is 11.6 Å². The Morgan fingerprint density at radius 3 is 2.92 bits per heavy atom. The third kappa shape index (κ3) is 2.51. The molecule has 2 aromatic heterocycles. The minimum Gasteiger partial charge on any atom is -0.359 e. The van der Waals surface area contributed by atoms with Gasteiger partial charge in [-0.25, -0.2) is 0 Å². The quantitative estimate of drug-likeness (QED) is 0.545. The average Bonchev–Trinajstić information content (AvgIpc) is 2.94. The van der Waals surface area contributed by atoms with Gasteiger partial charge in [0.15, 0.2) is 0 Å². The summed E-state index contributed by atoms with van der Waals surface area (Å²) in [6.45, 7) is 2.00. The summed E-state index contributed by atoms with van der Waals surface area (Å²) in [5.74, 6) is -0.207. The maximum atomic E-state index is 12.7. The van der Waals surface area contributed by atoms with Crippen LogP contribution in [-0.2, 0) is 0 Å². The predicted molar refractivity (Wildman–Crippen MR) is 97.7 cm³/mol. The zero-order valence-electron chi connectivity index (χ0n) is 12.9. The molecule has 2 N–H and O–H groups in total. The van der Waals surface area contributed by atoms with Crippen LogP contribution in [0.25, 0.3) is 21.8 Å². The van der Waals surface area contributed by atoms with Crippen LogP contribution < -0.4 is 5.32 Å². The molecule has 0 saturated heterocycles. The number of rotatable bonds is 2. The standard InChI is InChI=1S/C19H14ClN3O/c1-11-9-12-10-13(4-7-17(12)22-11)23-19(24)15-5-6-16(20)14-3-2-8-21-18(14)15/h2-10,22H,1H3,(H,23,24). The lowest BCUT2D eigenvalue weighted by Crippen LogP contribution is -2.12. The Morgan fingerprint density at radius 1 is 1.17 bits per heavy atom. The van der Waals surface area contributed by atoms with Crippen LogP contribution >= 0.6 is 11.6 Å². The second-order valence-corrected chi connectivity index (χ2v) is 6.11. The number of nitrogens with one attached hydrogen (secondary N) is 2. The van der Waals surface area contributed by atoms with Crippen LogP contribution in [0.15, 0.2) is 54.7 Å². The van der Waals surface area contributed by atoms with Gasteiger partial charge in [-0.15, -0.1) is 0 Å². The molecule has 24 heavy (non-hydrogen) atoms. The van der Waals surface area contributed by atoms with E-state index in [1.54, 1.807) is 24.4 Å². The SMILES string of the molecule is Cc1cc2cc(NC(=O)c3ccc(Cl)c4cccnc34)ccc2[nH]1. The molecule has 0 bridgehead atoms. The van der Waals surface area contributed by atoms with Crippen LogP contribution in [0.3, 0.4) is 0 Å². The van der Waals surface area contributed by atoms with Crippen molar-refractivity contribution in [1.82, 2.24) is 9.97 Å². The van der Waals surface area contributed by atoms with E-state index in [0.717, 1.165) is 27.7 Å². The third-order valence-electron chi connectivity index (χ3n) is 3.97. The third-order valence-corrected chi connectivity index (χ3v) is 4.30. The van der Waals surface area contributed by atoms with Gasteiger partial charge >= 0.3 is 0 Å². The molecule has 0 spiro atoms. The zero-order chi connectivity index (χ0) is 16.7. The molecule has 118 valence electrons. The zero-order valence-corrected chi connectivity index (χ0v) is 13.7. The fourth-order valence-electron chi connectivity index (χ4n) is 2.88. The molecule has 2 heterocycles. The number of carbonyl (C=O) groups is 1. The number of H-pyrrole nitrogens is 1. The lowest BCUT2D eigenvalue weighted by atomic mass is 10.1. The summed E-state index contributed by atoms with van der Waals surface area (Å²) in [5, 5.41) is 5.34. The summed E-state index contributed by atoms with van der Waals surface area (Å²) < 4.78 is 0. The first-order valence-electron chi connectivity index (χ1n) is 7.56. The number of pyridine rings is 1. The normalized spacial score (nSPS) is 11.1. The number of halogens is 1. The molecule has 0 aliphatic heterocycles. The van der Waals surface area contributed by atoms with Crippen molar-refractivity contribution < 1.29 is 4.79 Å². The first-order valence-corrected chi connectivity index (χ1v) is 7.93. The van der Waals surface area contributed by atoms with E-state index in [2.05, 4.69) is 15.3 Å². The molecule has 4 nitrogen and oxygen atoms in total. The van der Waals surface area contributed by atoms with E-state index in [-0.39, 0.29) is 5.91 Å². The highest BCUT2D eigenvalue weighted by Gasteiger charge is 2.13. The molecule has 5 heteroatoms. The molecule has 0 radical (unpaired) electrons.